The molecular weight excluding hydrogens is 318 g/mol. The molecule has 1 rings (SSSR count). The third-order valence-electron chi connectivity index (χ3n) is 2.40. The van der Waals surface area contributed by atoms with Crippen LogP contribution in [0.25, 0.3) is 0 Å². The molecule has 0 N–H and O–H groups in total. The van der Waals surface area contributed by atoms with Crippen LogP contribution in [0, 0.1) is 20.2 Å². The second-order valence-corrected chi connectivity index (χ2v) is 6.57. The molecule has 0 radical (unpaired) electrons. The zero-order chi connectivity index (χ0) is 16.0. The zero-order valence-electron chi connectivity index (χ0n) is 11.3. The Balaban J connectivity index is 2.68. The van der Waals surface area contributed by atoms with Gasteiger partial charge in [-0.2, -0.15) is 0 Å². The van der Waals surface area contributed by atoms with Crippen molar-refractivity contribution in [1.82, 2.24) is 4.90 Å². The second kappa shape index (κ2) is 7.84. The molecule has 0 saturated carbocycles. The normalized spacial score (nSPS) is 10.2. The Morgan fingerprint density at radius 2 is 1.90 bits per heavy atom. The van der Waals surface area contributed by atoms with E-state index in [1.165, 1.54) is 27.8 Å². The lowest BCUT2D eigenvalue weighted by molar-refractivity contribution is -0.396. The Labute approximate surface area is 128 Å². The van der Waals surface area contributed by atoms with Crippen molar-refractivity contribution in [3.05, 3.63) is 38.4 Å². The van der Waals surface area contributed by atoms with Crippen molar-refractivity contribution in [2.75, 3.05) is 19.8 Å². The number of hydrogen-bond acceptors (Lipinski definition) is 7. The number of non-ortho nitro benzene ring substituents is 1. The maximum atomic E-state index is 11.4. The van der Waals surface area contributed by atoms with Crippen molar-refractivity contribution in [2.45, 2.75) is 11.3 Å². The van der Waals surface area contributed by atoms with Crippen LogP contribution >= 0.6 is 21.6 Å². The lowest BCUT2D eigenvalue weighted by Gasteiger charge is -2.09. The summed E-state index contributed by atoms with van der Waals surface area (Å²) in [6.07, 6.45) is 0.325. The number of carbonyl (C=O) groups is 1. The first kappa shape index (κ1) is 17.2. The number of nitro groups is 2. The zero-order valence-corrected chi connectivity index (χ0v) is 13.0. The van der Waals surface area contributed by atoms with Gasteiger partial charge in [-0.15, -0.1) is 0 Å². The van der Waals surface area contributed by atoms with Crippen LogP contribution in [0.15, 0.2) is 23.1 Å². The van der Waals surface area contributed by atoms with Gasteiger partial charge in [0.1, 0.15) is 0 Å². The number of nitrogens with zero attached hydrogens (tertiary/aromatic N) is 3. The number of carbonyl (C=O) groups excluding carboxylic acids is 1. The Bertz CT molecular complexity index is 565. The Hall–Kier alpha value is -1.81. The van der Waals surface area contributed by atoms with Gasteiger partial charge in [0.2, 0.25) is 5.91 Å². The lowest BCUT2D eigenvalue weighted by Crippen LogP contribution is -2.21. The van der Waals surface area contributed by atoms with Gasteiger partial charge >= 0.3 is 0 Å². The summed E-state index contributed by atoms with van der Waals surface area (Å²) < 4.78 is 0. The molecule has 114 valence electrons. The summed E-state index contributed by atoms with van der Waals surface area (Å²) in [6, 6.07) is 3.51. The lowest BCUT2D eigenvalue weighted by atomic mass is 10.3. The van der Waals surface area contributed by atoms with E-state index in [0.29, 0.717) is 17.1 Å². The van der Waals surface area contributed by atoms with Gasteiger partial charge in [0.05, 0.1) is 20.8 Å². The van der Waals surface area contributed by atoms with Crippen LogP contribution in [-0.2, 0) is 4.79 Å². The first-order chi connectivity index (χ1) is 9.82. The highest BCUT2D eigenvalue weighted by molar-refractivity contribution is 8.76. The van der Waals surface area contributed by atoms with Crippen LogP contribution in [0.2, 0.25) is 0 Å². The third kappa shape index (κ3) is 5.23. The minimum absolute atomic E-state index is 0.0266. The Morgan fingerprint density at radius 3 is 2.43 bits per heavy atom. The van der Waals surface area contributed by atoms with Crippen molar-refractivity contribution < 1.29 is 14.6 Å². The molecule has 0 saturated heterocycles. The van der Waals surface area contributed by atoms with Crippen molar-refractivity contribution in [3.63, 3.8) is 0 Å². The number of amides is 1. The van der Waals surface area contributed by atoms with Crippen LogP contribution in [0.4, 0.5) is 11.4 Å². The molecule has 0 aliphatic carbocycles. The predicted molar refractivity (Wildman–Crippen MR) is 81.4 cm³/mol. The maximum Gasteiger partial charge on any atom is 0.290 e. The highest BCUT2D eigenvalue weighted by atomic mass is 33.1. The van der Waals surface area contributed by atoms with Gasteiger partial charge < -0.3 is 4.90 Å². The monoisotopic (exact) mass is 331 g/mol. The summed E-state index contributed by atoms with van der Waals surface area (Å²) in [6.45, 7) is 0. The molecule has 10 heteroatoms. The maximum absolute atomic E-state index is 11.4. The molecule has 21 heavy (non-hydrogen) atoms. The Morgan fingerprint density at radius 1 is 1.24 bits per heavy atom. The summed E-state index contributed by atoms with van der Waals surface area (Å²) in [4.78, 5) is 33.4. The molecule has 0 aliphatic heterocycles. The molecule has 1 amide bonds. The molecular formula is C11H13N3O5S2. The molecule has 8 nitrogen and oxygen atoms in total. The van der Waals surface area contributed by atoms with Gasteiger partial charge in [-0.05, 0) is 6.07 Å². The van der Waals surface area contributed by atoms with Gasteiger partial charge in [-0.3, -0.25) is 25.0 Å². The molecule has 0 fully saturated rings. The molecule has 0 bridgehead atoms. The number of benzene rings is 1. The first-order valence-electron chi connectivity index (χ1n) is 5.75. The standard InChI is InChI=1S/C11H13N3O5S2/c1-12(2)11(15)5-6-20-21-10-4-3-8(13(16)17)7-9(10)14(18)19/h3-4,7H,5-6H2,1-2H3. The predicted octanol–water partition coefficient (Wildman–Crippen LogP) is 2.72. The average Bonchev–Trinajstić information content (AvgIpc) is 2.42. The van der Waals surface area contributed by atoms with Crippen LogP contribution in [-0.4, -0.2) is 40.5 Å². The van der Waals surface area contributed by atoms with Crippen LogP contribution < -0.4 is 0 Å². The van der Waals surface area contributed by atoms with E-state index in [-0.39, 0.29) is 17.3 Å². The van der Waals surface area contributed by atoms with Gasteiger partial charge in [-0.25, -0.2) is 0 Å². The van der Waals surface area contributed by atoms with Crippen molar-refractivity contribution >= 4 is 38.9 Å². The highest BCUT2D eigenvalue weighted by Crippen LogP contribution is 2.39. The van der Waals surface area contributed by atoms with E-state index in [1.807, 2.05) is 0 Å². The van der Waals surface area contributed by atoms with E-state index in [4.69, 9.17) is 0 Å². The van der Waals surface area contributed by atoms with Gasteiger partial charge in [0.15, 0.2) is 0 Å². The molecule has 0 atom stereocenters. The largest absolute Gasteiger partial charge is 0.349 e. The summed E-state index contributed by atoms with van der Waals surface area (Å²) in [5.74, 6) is 0.469. The number of rotatable bonds is 7. The number of nitro benzene ring substituents is 2. The van der Waals surface area contributed by atoms with Crippen LogP contribution in [0.5, 0.6) is 0 Å². The van der Waals surface area contributed by atoms with E-state index >= 15 is 0 Å². The molecule has 0 unspecified atom stereocenters. The molecule has 0 aliphatic rings. The van der Waals surface area contributed by atoms with Gasteiger partial charge in [0, 0.05) is 32.3 Å². The van der Waals surface area contributed by atoms with Gasteiger partial charge in [-0.1, -0.05) is 21.6 Å². The topological polar surface area (TPSA) is 107 Å². The summed E-state index contributed by atoms with van der Waals surface area (Å²) in [5, 5.41) is 21.5. The summed E-state index contributed by atoms with van der Waals surface area (Å²) in [5.41, 5.74) is -0.625. The Kier molecular flexibility index (Phi) is 6.43. The molecule has 0 aromatic heterocycles. The van der Waals surface area contributed by atoms with Crippen LogP contribution in [0.3, 0.4) is 0 Å². The fourth-order valence-corrected chi connectivity index (χ4v) is 3.40. The second-order valence-electron chi connectivity index (χ2n) is 4.11. The minimum Gasteiger partial charge on any atom is -0.349 e. The van der Waals surface area contributed by atoms with Crippen molar-refractivity contribution in [1.29, 1.82) is 0 Å². The number of hydrogen-bond donors (Lipinski definition) is 0. The minimum atomic E-state index is -0.676. The first-order valence-corrected chi connectivity index (χ1v) is 8.07. The summed E-state index contributed by atoms with van der Waals surface area (Å²) in [7, 11) is 5.73. The molecule has 1 aromatic carbocycles. The molecule has 1 aromatic rings. The van der Waals surface area contributed by atoms with Crippen molar-refractivity contribution in [3.8, 4) is 0 Å². The molecule has 0 spiro atoms. The van der Waals surface area contributed by atoms with Crippen molar-refractivity contribution in [2.24, 2.45) is 0 Å². The van der Waals surface area contributed by atoms with Crippen LogP contribution in [0.1, 0.15) is 6.42 Å². The SMILES string of the molecule is CN(C)C(=O)CCSSc1ccc([N+](=O)[O-])cc1[N+](=O)[O-]. The highest BCUT2D eigenvalue weighted by Gasteiger charge is 2.20. The van der Waals surface area contributed by atoms with E-state index in [9.17, 15) is 25.0 Å². The van der Waals surface area contributed by atoms with E-state index in [0.717, 1.165) is 16.9 Å². The summed E-state index contributed by atoms with van der Waals surface area (Å²) >= 11 is 0. The van der Waals surface area contributed by atoms with Gasteiger partial charge in [0.25, 0.3) is 11.4 Å². The smallest absolute Gasteiger partial charge is 0.290 e. The molecule has 0 heterocycles. The third-order valence-corrected chi connectivity index (χ3v) is 4.80. The van der Waals surface area contributed by atoms with E-state index < -0.39 is 9.85 Å². The quantitative estimate of drug-likeness (QED) is 0.327. The van der Waals surface area contributed by atoms with E-state index in [2.05, 4.69) is 0 Å². The van der Waals surface area contributed by atoms with E-state index in [1.54, 1.807) is 14.1 Å². The fourth-order valence-electron chi connectivity index (χ4n) is 1.29. The average molecular weight is 331 g/mol. The fraction of sp³-hybridized carbons (Fsp3) is 0.364.